The quantitative estimate of drug-likeness (QED) is 0.882. The van der Waals surface area contributed by atoms with Crippen molar-refractivity contribution in [3.8, 4) is 11.5 Å². The molecule has 1 aromatic heterocycles. The second kappa shape index (κ2) is 7.38. The third-order valence-electron chi connectivity index (χ3n) is 4.40. The van der Waals surface area contributed by atoms with Crippen LogP contribution in [0.4, 0.5) is 0 Å². The van der Waals surface area contributed by atoms with E-state index >= 15 is 0 Å². The van der Waals surface area contributed by atoms with E-state index in [1.165, 1.54) is 24.1 Å². The van der Waals surface area contributed by atoms with Crippen LogP contribution in [-0.4, -0.2) is 36.5 Å². The van der Waals surface area contributed by atoms with Crippen LogP contribution in [0, 0.1) is 0 Å². The van der Waals surface area contributed by atoms with Crippen molar-refractivity contribution in [1.82, 2.24) is 15.1 Å². The summed E-state index contributed by atoms with van der Waals surface area (Å²) in [6, 6.07) is 5.15. The van der Waals surface area contributed by atoms with E-state index in [0.717, 1.165) is 12.8 Å². The van der Waals surface area contributed by atoms with Crippen LogP contribution in [0.15, 0.2) is 24.4 Å². The summed E-state index contributed by atoms with van der Waals surface area (Å²) in [6.45, 7) is 1.23. The second-order valence-electron chi connectivity index (χ2n) is 5.87. The van der Waals surface area contributed by atoms with E-state index in [4.69, 9.17) is 9.47 Å². The Balaban J connectivity index is 1.59. The summed E-state index contributed by atoms with van der Waals surface area (Å²) in [5, 5.41) is 7.38. The fraction of sp³-hybridized carbons (Fsp3) is 0.444. The van der Waals surface area contributed by atoms with Gasteiger partial charge in [0.05, 0.1) is 27.0 Å². The van der Waals surface area contributed by atoms with Crippen molar-refractivity contribution in [3.05, 3.63) is 41.2 Å². The van der Waals surface area contributed by atoms with E-state index in [2.05, 4.69) is 10.4 Å². The predicted octanol–water partition coefficient (Wildman–Crippen LogP) is 2.21. The van der Waals surface area contributed by atoms with Crippen LogP contribution < -0.4 is 14.8 Å². The van der Waals surface area contributed by atoms with E-state index in [1.54, 1.807) is 32.4 Å². The molecule has 0 atom stereocenters. The molecule has 1 aliphatic rings. The van der Waals surface area contributed by atoms with Gasteiger partial charge in [-0.2, -0.15) is 5.10 Å². The average Bonchev–Trinajstić information content (AvgIpc) is 3.04. The van der Waals surface area contributed by atoms with Crippen molar-refractivity contribution in [2.24, 2.45) is 0 Å². The summed E-state index contributed by atoms with van der Waals surface area (Å²) in [7, 11) is 3.13. The SMILES string of the molecule is COc1ccc(C(=O)NCCn2ncc3c2CCCC3)cc1OC. The van der Waals surface area contributed by atoms with Crippen molar-refractivity contribution >= 4 is 5.91 Å². The fourth-order valence-corrected chi connectivity index (χ4v) is 3.10. The molecule has 0 radical (unpaired) electrons. The number of hydrogen-bond donors (Lipinski definition) is 1. The Morgan fingerprint density at radius 1 is 1.21 bits per heavy atom. The molecule has 0 saturated heterocycles. The summed E-state index contributed by atoms with van der Waals surface area (Å²) >= 11 is 0. The monoisotopic (exact) mass is 329 g/mol. The number of hydrogen-bond acceptors (Lipinski definition) is 4. The Morgan fingerprint density at radius 2 is 2.00 bits per heavy atom. The summed E-state index contributed by atoms with van der Waals surface area (Å²) < 4.78 is 12.4. The van der Waals surface area contributed by atoms with Gasteiger partial charge in [-0.05, 0) is 49.4 Å². The van der Waals surface area contributed by atoms with Gasteiger partial charge in [0.2, 0.25) is 0 Å². The van der Waals surface area contributed by atoms with Crippen molar-refractivity contribution in [2.45, 2.75) is 32.2 Å². The van der Waals surface area contributed by atoms with Crippen LogP contribution in [0.25, 0.3) is 0 Å². The number of benzene rings is 1. The highest BCUT2D eigenvalue weighted by Crippen LogP contribution is 2.27. The number of fused-ring (bicyclic) bond motifs is 1. The zero-order chi connectivity index (χ0) is 16.9. The minimum absolute atomic E-state index is 0.128. The van der Waals surface area contributed by atoms with Crippen molar-refractivity contribution in [2.75, 3.05) is 20.8 Å². The summed E-state index contributed by atoms with van der Waals surface area (Å²) in [5.74, 6) is 1.03. The normalized spacial score (nSPS) is 13.2. The van der Waals surface area contributed by atoms with Gasteiger partial charge in [0.1, 0.15) is 0 Å². The lowest BCUT2D eigenvalue weighted by molar-refractivity contribution is 0.0951. The van der Waals surface area contributed by atoms with E-state index in [-0.39, 0.29) is 5.91 Å². The maximum atomic E-state index is 12.3. The molecule has 3 rings (SSSR count). The van der Waals surface area contributed by atoms with Crippen LogP contribution in [0.3, 0.4) is 0 Å². The van der Waals surface area contributed by atoms with Gasteiger partial charge in [-0.3, -0.25) is 9.48 Å². The molecule has 1 aliphatic carbocycles. The Hall–Kier alpha value is -2.50. The van der Waals surface area contributed by atoms with Gasteiger partial charge in [0.25, 0.3) is 5.91 Å². The lowest BCUT2D eigenvalue weighted by Gasteiger charge is -2.14. The molecule has 1 amide bonds. The maximum absolute atomic E-state index is 12.3. The Kier molecular flexibility index (Phi) is 5.03. The maximum Gasteiger partial charge on any atom is 0.251 e. The number of carbonyl (C=O) groups excluding carboxylic acids is 1. The number of aromatic nitrogens is 2. The average molecular weight is 329 g/mol. The molecule has 0 unspecified atom stereocenters. The number of ether oxygens (including phenoxy) is 2. The van der Waals surface area contributed by atoms with E-state index in [9.17, 15) is 4.79 Å². The molecule has 6 heteroatoms. The van der Waals surface area contributed by atoms with Gasteiger partial charge in [0.15, 0.2) is 11.5 Å². The minimum atomic E-state index is -0.128. The first-order valence-electron chi connectivity index (χ1n) is 8.26. The molecule has 1 aromatic carbocycles. The number of methoxy groups -OCH3 is 2. The van der Waals surface area contributed by atoms with Crippen molar-refractivity contribution < 1.29 is 14.3 Å². The first kappa shape index (κ1) is 16.4. The third-order valence-corrected chi connectivity index (χ3v) is 4.40. The van der Waals surface area contributed by atoms with Crippen LogP contribution in [0.1, 0.15) is 34.5 Å². The van der Waals surface area contributed by atoms with Gasteiger partial charge in [-0.25, -0.2) is 0 Å². The van der Waals surface area contributed by atoms with Gasteiger partial charge >= 0.3 is 0 Å². The van der Waals surface area contributed by atoms with Gasteiger partial charge in [-0.1, -0.05) is 0 Å². The van der Waals surface area contributed by atoms with Gasteiger partial charge < -0.3 is 14.8 Å². The van der Waals surface area contributed by atoms with Crippen molar-refractivity contribution in [1.29, 1.82) is 0 Å². The van der Waals surface area contributed by atoms with E-state index < -0.39 is 0 Å². The number of nitrogens with zero attached hydrogens (tertiary/aromatic N) is 2. The number of aryl methyl sites for hydroxylation is 1. The molecular formula is C18H23N3O3. The molecule has 0 spiro atoms. The molecule has 2 aromatic rings. The molecule has 24 heavy (non-hydrogen) atoms. The molecular weight excluding hydrogens is 306 g/mol. The molecule has 128 valence electrons. The Labute approximate surface area is 141 Å². The first-order valence-corrected chi connectivity index (χ1v) is 8.26. The van der Waals surface area contributed by atoms with Gasteiger partial charge in [0, 0.05) is 17.8 Å². The number of carbonyl (C=O) groups is 1. The zero-order valence-electron chi connectivity index (χ0n) is 14.2. The van der Waals surface area contributed by atoms with Gasteiger partial charge in [-0.15, -0.1) is 0 Å². The lowest BCUT2D eigenvalue weighted by Crippen LogP contribution is -2.28. The molecule has 1 N–H and O–H groups in total. The van der Waals surface area contributed by atoms with E-state index in [1.807, 2.05) is 10.9 Å². The fourth-order valence-electron chi connectivity index (χ4n) is 3.10. The van der Waals surface area contributed by atoms with Crippen LogP contribution in [0.5, 0.6) is 11.5 Å². The predicted molar refractivity (Wildman–Crippen MR) is 90.7 cm³/mol. The molecule has 0 saturated carbocycles. The topological polar surface area (TPSA) is 65.4 Å². The summed E-state index contributed by atoms with van der Waals surface area (Å²) in [5.41, 5.74) is 3.23. The third kappa shape index (κ3) is 3.37. The summed E-state index contributed by atoms with van der Waals surface area (Å²) in [4.78, 5) is 12.3. The molecule has 0 aliphatic heterocycles. The molecule has 6 nitrogen and oxygen atoms in total. The Bertz CT molecular complexity index is 724. The Morgan fingerprint density at radius 3 is 2.79 bits per heavy atom. The standard InChI is InChI=1S/C18H23N3O3/c1-23-16-8-7-13(11-17(16)24-2)18(22)19-9-10-21-15-6-4-3-5-14(15)12-20-21/h7-8,11-12H,3-6,9-10H2,1-2H3,(H,19,22). The second-order valence-corrected chi connectivity index (χ2v) is 5.87. The van der Waals surface area contributed by atoms with Crippen LogP contribution in [0.2, 0.25) is 0 Å². The number of rotatable bonds is 6. The highest BCUT2D eigenvalue weighted by molar-refractivity contribution is 5.94. The van der Waals surface area contributed by atoms with Crippen molar-refractivity contribution in [3.63, 3.8) is 0 Å². The lowest BCUT2D eigenvalue weighted by atomic mass is 9.98. The molecule has 1 heterocycles. The van der Waals surface area contributed by atoms with E-state index in [0.29, 0.717) is 30.2 Å². The number of amides is 1. The van der Waals surface area contributed by atoms with Crippen LogP contribution in [-0.2, 0) is 19.4 Å². The minimum Gasteiger partial charge on any atom is -0.493 e. The molecule has 0 fully saturated rings. The highest BCUT2D eigenvalue weighted by atomic mass is 16.5. The number of nitrogens with one attached hydrogen (secondary N) is 1. The van der Waals surface area contributed by atoms with Crippen LogP contribution >= 0.6 is 0 Å². The largest absolute Gasteiger partial charge is 0.493 e. The highest BCUT2D eigenvalue weighted by Gasteiger charge is 2.15. The summed E-state index contributed by atoms with van der Waals surface area (Å²) in [6.07, 6.45) is 6.63. The zero-order valence-corrected chi connectivity index (χ0v) is 14.2. The molecule has 0 bridgehead atoms. The smallest absolute Gasteiger partial charge is 0.251 e. The first-order chi connectivity index (χ1) is 11.7.